The molecule has 0 N–H and O–H groups in total. The molecule has 32 heavy (non-hydrogen) atoms. The Morgan fingerprint density at radius 2 is 1.12 bits per heavy atom. The molecule has 0 atom stereocenters. The van der Waals surface area contributed by atoms with Crippen molar-refractivity contribution in [2.75, 3.05) is 39.3 Å². The van der Waals surface area contributed by atoms with E-state index in [9.17, 15) is 0 Å². The second-order valence-corrected chi connectivity index (χ2v) is 8.20. The maximum atomic E-state index is 6.29. The van der Waals surface area contributed by atoms with Crippen molar-refractivity contribution in [3.05, 3.63) is 95.0 Å². The SMILES string of the molecule is Cl.Cl.Clc1ccccc1CCN1CCN(CCc2ccccc2Oc2ccccc2)CC1. The quantitative estimate of drug-likeness (QED) is 0.362. The molecule has 1 saturated heterocycles. The van der Waals surface area contributed by atoms with E-state index in [2.05, 4.69) is 40.1 Å². The number of piperazine rings is 1. The fourth-order valence-corrected chi connectivity index (χ4v) is 4.15. The molecule has 0 saturated carbocycles. The van der Waals surface area contributed by atoms with Gasteiger partial charge >= 0.3 is 0 Å². The number of rotatable bonds is 8. The molecule has 1 aliphatic rings. The van der Waals surface area contributed by atoms with E-state index in [0.717, 1.165) is 68.6 Å². The Morgan fingerprint density at radius 3 is 1.75 bits per heavy atom. The van der Waals surface area contributed by atoms with Gasteiger partial charge in [0.2, 0.25) is 0 Å². The second-order valence-electron chi connectivity index (χ2n) is 7.80. The minimum atomic E-state index is 0. The van der Waals surface area contributed by atoms with E-state index in [-0.39, 0.29) is 24.8 Å². The van der Waals surface area contributed by atoms with E-state index in [0.29, 0.717) is 0 Å². The number of ether oxygens (including phenoxy) is 1. The molecular formula is C26H31Cl3N2O. The molecule has 0 unspecified atom stereocenters. The molecule has 172 valence electrons. The molecule has 6 heteroatoms. The smallest absolute Gasteiger partial charge is 0.130 e. The van der Waals surface area contributed by atoms with Crippen molar-refractivity contribution in [2.45, 2.75) is 12.8 Å². The molecule has 0 radical (unpaired) electrons. The summed E-state index contributed by atoms with van der Waals surface area (Å²) < 4.78 is 6.11. The van der Waals surface area contributed by atoms with Crippen LogP contribution in [0.5, 0.6) is 11.5 Å². The number of hydrogen-bond acceptors (Lipinski definition) is 3. The third kappa shape index (κ3) is 7.68. The summed E-state index contributed by atoms with van der Waals surface area (Å²) in [5.74, 6) is 1.85. The average Bonchev–Trinajstić information content (AvgIpc) is 2.79. The lowest BCUT2D eigenvalue weighted by Crippen LogP contribution is -2.47. The summed E-state index contributed by atoms with van der Waals surface area (Å²) in [5.41, 5.74) is 2.51. The first kappa shape index (κ1) is 26.5. The van der Waals surface area contributed by atoms with Gasteiger partial charge in [0.25, 0.3) is 0 Å². The Kier molecular flexibility index (Phi) is 11.4. The largest absolute Gasteiger partial charge is 0.457 e. The Morgan fingerprint density at radius 1 is 0.625 bits per heavy atom. The fourth-order valence-electron chi connectivity index (χ4n) is 3.92. The molecule has 1 heterocycles. The normalized spacial score (nSPS) is 14.3. The summed E-state index contributed by atoms with van der Waals surface area (Å²) in [5, 5.41) is 0.882. The lowest BCUT2D eigenvalue weighted by molar-refractivity contribution is 0.134. The summed E-state index contributed by atoms with van der Waals surface area (Å²) in [6, 6.07) is 26.6. The van der Waals surface area contributed by atoms with E-state index in [1.54, 1.807) is 0 Å². The highest BCUT2D eigenvalue weighted by atomic mass is 35.5. The van der Waals surface area contributed by atoms with Gasteiger partial charge in [-0.15, -0.1) is 24.8 Å². The number of halogens is 3. The molecule has 1 aliphatic heterocycles. The highest BCUT2D eigenvalue weighted by Crippen LogP contribution is 2.25. The fraction of sp³-hybridized carbons (Fsp3) is 0.308. The summed E-state index contributed by atoms with van der Waals surface area (Å²) in [6.45, 7) is 6.60. The number of hydrogen-bond donors (Lipinski definition) is 0. The van der Waals surface area contributed by atoms with Crippen LogP contribution in [0.1, 0.15) is 11.1 Å². The van der Waals surface area contributed by atoms with Gasteiger partial charge in [0.15, 0.2) is 0 Å². The molecule has 4 rings (SSSR count). The molecule has 0 aliphatic carbocycles. The summed E-state index contributed by atoms with van der Waals surface area (Å²) >= 11 is 6.29. The van der Waals surface area contributed by atoms with Gasteiger partial charge in [-0.25, -0.2) is 0 Å². The van der Waals surface area contributed by atoms with Gasteiger partial charge in [-0.2, -0.15) is 0 Å². The molecular weight excluding hydrogens is 463 g/mol. The summed E-state index contributed by atoms with van der Waals surface area (Å²) in [4.78, 5) is 5.11. The van der Waals surface area contributed by atoms with E-state index in [4.69, 9.17) is 16.3 Å². The molecule has 3 aromatic rings. The van der Waals surface area contributed by atoms with Crippen molar-refractivity contribution in [3.8, 4) is 11.5 Å². The predicted molar refractivity (Wildman–Crippen MR) is 139 cm³/mol. The summed E-state index contributed by atoms with van der Waals surface area (Å²) in [6.07, 6.45) is 2.02. The molecule has 1 fully saturated rings. The van der Waals surface area contributed by atoms with Gasteiger partial charge in [-0.3, -0.25) is 0 Å². The first-order chi connectivity index (χ1) is 14.8. The number of nitrogens with zero attached hydrogens (tertiary/aromatic N) is 2. The van der Waals surface area contributed by atoms with Crippen molar-refractivity contribution in [1.29, 1.82) is 0 Å². The molecule has 0 amide bonds. The van der Waals surface area contributed by atoms with E-state index in [1.807, 2.05) is 48.5 Å². The maximum Gasteiger partial charge on any atom is 0.130 e. The molecule has 0 spiro atoms. The van der Waals surface area contributed by atoms with Crippen LogP contribution in [0.4, 0.5) is 0 Å². The lowest BCUT2D eigenvalue weighted by Gasteiger charge is -2.34. The Bertz CT molecular complexity index is 931. The van der Waals surface area contributed by atoms with Crippen LogP contribution in [0.15, 0.2) is 78.9 Å². The first-order valence-electron chi connectivity index (χ1n) is 10.8. The van der Waals surface area contributed by atoms with E-state index < -0.39 is 0 Å². The van der Waals surface area contributed by atoms with Crippen LogP contribution in [-0.4, -0.2) is 49.1 Å². The van der Waals surface area contributed by atoms with Crippen LogP contribution in [0.2, 0.25) is 5.02 Å². The van der Waals surface area contributed by atoms with Gasteiger partial charge in [0.05, 0.1) is 0 Å². The van der Waals surface area contributed by atoms with Crippen LogP contribution in [0, 0.1) is 0 Å². The molecule has 0 aromatic heterocycles. The van der Waals surface area contributed by atoms with Crippen LogP contribution < -0.4 is 4.74 Å². The van der Waals surface area contributed by atoms with Crippen LogP contribution >= 0.6 is 36.4 Å². The Hall–Kier alpha value is -1.75. The van der Waals surface area contributed by atoms with Crippen LogP contribution in [0.3, 0.4) is 0 Å². The molecule has 3 nitrogen and oxygen atoms in total. The van der Waals surface area contributed by atoms with Crippen LogP contribution in [0.25, 0.3) is 0 Å². The van der Waals surface area contributed by atoms with Gasteiger partial charge in [0, 0.05) is 44.3 Å². The third-order valence-electron chi connectivity index (χ3n) is 5.76. The second kappa shape index (κ2) is 13.7. The van der Waals surface area contributed by atoms with Crippen molar-refractivity contribution in [3.63, 3.8) is 0 Å². The topological polar surface area (TPSA) is 15.7 Å². The summed E-state index contributed by atoms with van der Waals surface area (Å²) in [7, 11) is 0. The van der Waals surface area contributed by atoms with Gasteiger partial charge in [-0.1, -0.05) is 66.2 Å². The van der Waals surface area contributed by atoms with Gasteiger partial charge < -0.3 is 14.5 Å². The number of para-hydroxylation sites is 2. The average molecular weight is 494 g/mol. The highest BCUT2D eigenvalue weighted by Gasteiger charge is 2.17. The van der Waals surface area contributed by atoms with Crippen molar-refractivity contribution in [1.82, 2.24) is 9.80 Å². The lowest BCUT2D eigenvalue weighted by atomic mass is 10.1. The Balaban J connectivity index is 0.00000181. The highest BCUT2D eigenvalue weighted by molar-refractivity contribution is 6.31. The van der Waals surface area contributed by atoms with Gasteiger partial charge in [0.1, 0.15) is 11.5 Å². The van der Waals surface area contributed by atoms with Crippen molar-refractivity contribution < 1.29 is 4.74 Å². The van der Waals surface area contributed by atoms with E-state index in [1.165, 1.54) is 11.1 Å². The minimum Gasteiger partial charge on any atom is -0.457 e. The monoisotopic (exact) mass is 492 g/mol. The van der Waals surface area contributed by atoms with Crippen molar-refractivity contribution >= 4 is 36.4 Å². The zero-order valence-electron chi connectivity index (χ0n) is 18.2. The third-order valence-corrected chi connectivity index (χ3v) is 6.13. The number of benzene rings is 3. The minimum absolute atomic E-state index is 0. The predicted octanol–water partition coefficient (Wildman–Crippen LogP) is 6.38. The first-order valence-corrected chi connectivity index (χ1v) is 11.1. The molecule has 3 aromatic carbocycles. The standard InChI is InChI=1S/C26H29ClN2O.2ClH/c27-25-12-6-4-8-22(25)14-16-28-18-20-29(21-19-28)17-15-23-9-5-7-13-26(23)30-24-10-2-1-3-11-24;;/h1-13H,14-21H2;2*1H. The zero-order chi connectivity index (χ0) is 20.6. The Labute approximate surface area is 209 Å². The van der Waals surface area contributed by atoms with Crippen LogP contribution in [-0.2, 0) is 12.8 Å². The zero-order valence-corrected chi connectivity index (χ0v) is 20.5. The van der Waals surface area contributed by atoms with Crippen molar-refractivity contribution in [2.24, 2.45) is 0 Å². The van der Waals surface area contributed by atoms with E-state index >= 15 is 0 Å². The van der Waals surface area contributed by atoms with Gasteiger partial charge in [-0.05, 0) is 48.2 Å². The maximum absolute atomic E-state index is 6.29. The molecule has 0 bridgehead atoms.